The lowest BCUT2D eigenvalue weighted by Gasteiger charge is -2.09. The van der Waals surface area contributed by atoms with E-state index in [1.54, 1.807) is 6.92 Å². The van der Waals surface area contributed by atoms with Crippen LogP contribution in [-0.4, -0.2) is 16.1 Å². The van der Waals surface area contributed by atoms with Crippen LogP contribution in [0.1, 0.15) is 21.7 Å². The van der Waals surface area contributed by atoms with Gasteiger partial charge >= 0.3 is 5.97 Å². The summed E-state index contributed by atoms with van der Waals surface area (Å²) in [4.78, 5) is 17.2. The van der Waals surface area contributed by atoms with Gasteiger partial charge in [0.2, 0.25) is 0 Å². The fourth-order valence-corrected chi connectivity index (χ4v) is 2.86. The van der Waals surface area contributed by atoms with E-state index >= 15 is 0 Å². The lowest BCUT2D eigenvalue weighted by Crippen LogP contribution is -2.05. The minimum Gasteiger partial charge on any atom is -0.478 e. The van der Waals surface area contributed by atoms with E-state index in [4.69, 9.17) is 0 Å². The topological polar surface area (TPSA) is 50.2 Å². The van der Waals surface area contributed by atoms with Crippen LogP contribution in [0.3, 0.4) is 0 Å². The van der Waals surface area contributed by atoms with Crippen molar-refractivity contribution in [1.29, 1.82) is 0 Å². The quantitative estimate of drug-likeness (QED) is 0.915. The van der Waals surface area contributed by atoms with Gasteiger partial charge < -0.3 is 5.11 Å². The third-order valence-electron chi connectivity index (χ3n) is 2.48. The molecular weight excluding hydrogens is 246 g/mol. The summed E-state index contributed by atoms with van der Waals surface area (Å²) in [6.07, 6.45) is 0. The number of aromatic carboxylic acids is 1. The van der Waals surface area contributed by atoms with Crippen LogP contribution in [0.5, 0.6) is 0 Å². The minimum absolute atomic E-state index is 0.287. The summed E-state index contributed by atoms with van der Waals surface area (Å²) in [5, 5.41) is 9.26. The van der Waals surface area contributed by atoms with Crippen molar-refractivity contribution in [3.05, 3.63) is 53.3 Å². The van der Waals surface area contributed by atoms with Gasteiger partial charge in [-0.2, -0.15) is 0 Å². The molecule has 0 saturated heterocycles. The summed E-state index contributed by atoms with van der Waals surface area (Å²) in [5.74, 6) is -0.932. The first-order valence-corrected chi connectivity index (χ1v) is 6.34. The first-order chi connectivity index (χ1) is 8.58. The van der Waals surface area contributed by atoms with Crippen LogP contribution in [0.2, 0.25) is 0 Å². The van der Waals surface area contributed by atoms with Crippen molar-refractivity contribution in [2.45, 2.75) is 23.6 Å². The highest BCUT2D eigenvalue weighted by molar-refractivity contribution is 7.99. The number of carboxylic acid groups (broad SMARTS) is 1. The molecule has 1 heterocycles. The minimum atomic E-state index is -0.932. The summed E-state index contributed by atoms with van der Waals surface area (Å²) in [6, 6.07) is 11.5. The zero-order chi connectivity index (χ0) is 13.1. The second kappa shape index (κ2) is 5.23. The molecule has 2 aromatic rings. The molecule has 92 valence electrons. The maximum atomic E-state index is 11.3. The van der Waals surface area contributed by atoms with E-state index in [0.717, 1.165) is 15.5 Å². The zero-order valence-electron chi connectivity index (χ0n) is 10.2. The molecule has 0 fully saturated rings. The van der Waals surface area contributed by atoms with Crippen molar-refractivity contribution in [1.82, 2.24) is 4.98 Å². The van der Waals surface area contributed by atoms with Gasteiger partial charge in [0.15, 0.2) is 0 Å². The Morgan fingerprint density at radius 2 is 1.89 bits per heavy atom. The van der Waals surface area contributed by atoms with Gasteiger partial charge in [-0.3, -0.25) is 4.98 Å². The number of aromatic nitrogens is 1. The molecule has 0 bridgehead atoms. The summed E-state index contributed by atoms with van der Waals surface area (Å²) >= 11 is 1.45. The van der Waals surface area contributed by atoms with Crippen LogP contribution < -0.4 is 0 Å². The van der Waals surface area contributed by atoms with E-state index in [1.165, 1.54) is 11.8 Å². The molecule has 18 heavy (non-hydrogen) atoms. The Bertz CT molecular complexity index is 582. The van der Waals surface area contributed by atoms with Crippen LogP contribution in [-0.2, 0) is 0 Å². The molecule has 2 rings (SSSR count). The Balaban J connectivity index is 2.46. The monoisotopic (exact) mass is 259 g/mol. The Labute approximate surface area is 110 Å². The number of carboxylic acids is 1. The van der Waals surface area contributed by atoms with Crippen LogP contribution in [0, 0.1) is 13.8 Å². The maximum absolute atomic E-state index is 11.3. The van der Waals surface area contributed by atoms with Crippen LogP contribution in [0.25, 0.3) is 0 Å². The first-order valence-electron chi connectivity index (χ1n) is 5.52. The van der Waals surface area contributed by atoms with Gasteiger partial charge in [0.25, 0.3) is 0 Å². The second-order valence-corrected chi connectivity index (χ2v) is 5.06. The number of hydrogen-bond donors (Lipinski definition) is 1. The van der Waals surface area contributed by atoms with Crippen LogP contribution in [0.15, 0.2) is 46.2 Å². The number of carbonyl (C=O) groups is 1. The lowest BCUT2D eigenvalue weighted by molar-refractivity contribution is 0.0691. The van der Waals surface area contributed by atoms with Gasteiger partial charge in [-0.05, 0) is 32.0 Å². The predicted octanol–water partition coefficient (Wildman–Crippen LogP) is 3.55. The van der Waals surface area contributed by atoms with Crippen molar-refractivity contribution in [2.75, 3.05) is 0 Å². The smallest absolute Gasteiger partial charge is 0.338 e. The molecule has 1 aromatic carbocycles. The molecule has 0 aliphatic carbocycles. The molecule has 4 heteroatoms. The summed E-state index contributed by atoms with van der Waals surface area (Å²) < 4.78 is 0. The van der Waals surface area contributed by atoms with E-state index in [9.17, 15) is 9.90 Å². The number of aryl methyl sites for hydroxylation is 2. The molecule has 0 amide bonds. The molecule has 1 aromatic heterocycles. The van der Waals surface area contributed by atoms with Gasteiger partial charge in [-0.15, -0.1) is 0 Å². The second-order valence-electron chi connectivity index (χ2n) is 3.94. The molecular formula is C14H13NO2S. The predicted molar refractivity (Wildman–Crippen MR) is 71.2 cm³/mol. The molecule has 1 N–H and O–H groups in total. The molecule has 0 radical (unpaired) electrons. The fourth-order valence-electron chi connectivity index (χ4n) is 1.75. The van der Waals surface area contributed by atoms with Crippen LogP contribution >= 0.6 is 11.8 Å². The van der Waals surface area contributed by atoms with Crippen molar-refractivity contribution in [3.63, 3.8) is 0 Å². The van der Waals surface area contributed by atoms with Crippen molar-refractivity contribution in [2.24, 2.45) is 0 Å². The lowest BCUT2D eigenvalue weighted by atomic mass is 10.2. The Morgan fingerprint density at radius 1 is 1.22 bits per heavy atom. The average molecular weight is 259 g/mol. The van der Waals surface area contributed by atoms with Crippen LogP contribution in [0.4, 0.5) is 0 Å². The molecule has 0 unspecified atom stereocenters. The largest absolute Gasteiger partial charge is 0.478 e. The molecule has 0 aliphatic rings. The highest BCUT2D eigenvalue weighted by Crippen LogP contribution is 2.31. The van der Waals surface area contributed by atoms with E-state index in [0.29, 0.717) is 5.69 Å². The van der Waals surface area contributed by atoms with Gasteiger partial charge in [0.05, 0.1) is 11.3 Å². The van der Waals surface area contributed by atoms with Crippen molar-refractivity contribution in [3.8, 4) is 0 Å². The summed E-state index contributed by atoms with van der Waals surface area (Å²) in [5.41, 5.74) is 1.67. The van der Waals surface area contributed by atoms with Crippen molar-refractivity contribution >= 4 is 17.7 Å². The maximum Gasteiger partial charge on any atom is 0.338 e. The molecule has 0 atom stereocenters. The van der Waals surface area contributed by atoms with E-state index in [1.807, 2.05) is 43.3 Å². The standard InChI is InChI=1S/C14H13NO2S/c1-9-8-12(13(14(16)17)10(2)15-9)18-11-6-4-3-5-7-11/h3-8H,1-2H3,(H,16,17). The number of nitrogens with zero attached hydrogens (tertiary/aromatic N) is 1. The van der Waals surface area contributed by atoms with Gasteiger partial charge in [-0.1, -0.05) is 30.0 Å². The van der Waals surface area contributed by atoms with E-state index in [2.05, 4.69) is 4.98 Å². The van der Waals surface area contributed by atoms with E-state index in [-0.39, 0.29) is 5.56 Å². The number of rotatable bonds is 3. The third-order valence-corrected chi connectivity index (χ3v) is 3.53. The Hall–Kier alpha value is -1.81. The molecule has 0 aliphatic heterocycles. The van der Waals surface area contributed by atoms with Gasteiger partial charge in [0, 0.05) is 15.5 Å². The Morgan fingerprint density at radius 3 is 2.50 bits per heavy atom. The normalized spacial score (nSPS) is 10.3. The highest BCUT2D eigenvalue weighted by Gasteiger charge is 2.16. The number of benzene rings is 1. The van der Waals surface area contributed by atoms with Gasteiger partial charge in [-0.25, -0.2) is 4.79 Å². The zero-order valence-corrected chi connectivity index (χ0v) is 11.0. The molecule has 0 saturated carbocycles. The third kappa shape index (κ3) is 2.71. The number of hydrogen-bond acceptors (Lipinski definition) is 3. The SMILES string of the molecule is Cc1cc(Sc2ccccc2)c(C(=O)O)c(C)n1. The molecule has 3 nitrogen and oxygen atoms in total. The highest BCUT2D eigenvalue weighted by atomic mass is 32.2. The average Bonchev–Trinajstić information content (AvgIpc) is 2.28. The molecule has 0 spiro atoms. The number of pyridine rings is 1. The summed E-state index contributed by atoms with van der Waals surface area (Å²) in [7, 11) is 0. The summed E-state index contributed by atoms with van der Waals surface area (Å²) in [6.45, 7) is 3.60. The van der Waals surface area contributed by atoms with Gasteiger partial charge in [0.1, 0.15) is 0 Å². The van der Waals surface area contributed by atoms with Crippen molar-refractivity contribution < 1.29 is 9.90 Å². The van der Waals surface area contributed by atoms with E-state index < -0.39 is 5.97 Å². The first kappa shape index (κ1) is 12.6. The fraction of sp³-hybridized carbons (Fsp3) is 0.143. The Kier molecular flexibility index (Phi) is 3.67.